The molecule has 3 aromatic rings. The number of amides is 2. The van der Waals surface area contributed by atoms with Crippen molar-refractivity contribution >= 4 is 35.3 Å². The molecule has 0 radical (unpaired) electrons. The SMILES string of the molecule is COc1ccc([C@H]2S/C(=C/c3ccc([N+](=O)[O-])cc3)C(=O)N2NC(=O)Cc2ccccc2)cc1. The topological polar surface area (TPSA) is 102 Å². The summed E-state index contributed by atoms with van der Waals surface area (Å²) in [6.45, 7) is 0. The van der Waals surface area contributed by atoms with E-state index < -0.39 is 10.3 Å². The Bertz CT molecular complexity index is 1230. The predicted octanol–water partition coefficient (Wildman–Crippen LogP) is 4.49. The lowest BCUT2D eigenvalue weighted by molar-refractivity contribution is -0.384. The maximum atomic E-state index is 13.3. The van der Waals surface area contributed by atoms with E-state index in [2.05, 4.69) is 5.43 Å². The van der Waals surface area contributed by atoms with Crippen LogP contribution in [0.2, 0.25) is 0 Å². The van der Waals surface area contributed by atoms with Crippen LogP contribution in [-0.4, -0.2) is 28.9 Å². The highest BCUT2D eigenvalue weighted by Crippen LogP contribution is 2.45. The molecule has 0 aliphatic carbocycles. The number of methoxy groups -OCH3 is 1. The van der Waals surface area contributed by atoms with Gasteiger partial charge in [-0.25, -0.2) is 5.01 Å². The zero-order valence-electron chi connectivity index (χ0n) is 18.2. The van der Waals surface area contributed by atoms with Crippen molar-refractivity contribution in [1.82, 2.24) is 10.4 Å². The first-order valence-corrected chi connectivity index (χ1v) is 11.3. The average molecular weight is 476 g/mol. The molecule has 1 fully saturated rings. The molecule has 172 valence electrons. The molecule has 1 aliphatic heterocycles. The molecule has 1 atom stereocenters. The molecule has 9 heteroatoms. The van der Waals surface area contributed by atoms with Crippen molar-refractivity contribution < 1.29 is 19.2 Å². The third-order valence-electron chi connectivity index (χ3n) is 5.16. The second-order valence-electron chi connectivity index (χ2n) is 7.47. The fraction of sp³-hybridized carbons (Fsp3) is 0.120. The maximum absolute atomic E-state index is 13.3. The number of nitro benzene ring substituents is 1. The minimum Gasteiger partial charge on any atom is -0.497 e. The summed E-state index contributed by atoms with van der Waals surface area (Å²) in [5.74, 6) is 0.0141. The van der Waals surface area contributed by atoms with Gasteiger partial charge in [-0.1, -0.05) is 54.2 Å². The van der Waals surface area contributed by atoms with Crippen LogP contribution in [0, 0.1) is 10.1 Å². The van der Waals surface area contributed by atoms with Crippen LogP contribution >= 0.6 is 11.8 Å². The fourth-order valence-corrected chi connectivity index (χ4v) is 4.63. The molecule has 4 rings (SSSR count). The number of nitrogens with zero attached hydrogens (tertiary/aromatic N) is 2. The normalized spacial score (nSPS) is 16.5. The molecular formula is C25H21N3O5S. The van der Waals surface area contributed by atoms with Gasteiger partial charge in [0.05, 0.1) is 23.4 Å². The number of rotatable bonds is 7. The molecule has 0 unspecified atom stereocenters. The number of hydrogen-bond acceptors (Lipinski definition) is 6. The highest BCUT2D eigenvalue weighted by atomic mass is 32.2. The van der Waals surface area contributed by atoms with Crippen molar-refractivity contribution in [1.29, 1.82) is 0 Å². The molecule has 0 bridgehead atoms. The molecule has 1 heterocycles. The average Bonchev–Trinajstić information content (AvgIpc) is 3.15. The summed E-state index contributed by atoms with van der Waals surface area (Å²) in [4.78, 5) is 36.9. The summed E-state index contributed by atoms with van der Waals surface area (Å²) in [5, 5.41) is 11.8. The molecule has 8 nitrogen and oxygen atoms in total. The Kier molecular flexibility index (Phi) is 6.93. The van der Waals surface area contributed by atoms with Gasteiger partial charge in [0.15, 0.2) is 0 Å². The van der Waals surface area contributed by atoms with E-state index in [-0.39, 0.29) is 23.9 Å². The van der Waals surface area contributed by atoms with Crippen molar-refractivity contribution in [2.24, 2.45) is 0 Å². The molecule has 1 N–H and O–H groups in total. The van der Waals surface area contributed by atoms with Crippen LogP contribution in [-0.2, 0) is 16.0 Å². The van der Waals surface area contributed by atoms with Gasteiger partial charge in [0.2, 0.25) is 5.91 Å². The number of hydrogen-bond donors (Lipinski definition) is 1. The van der Waals surface area contributed by atoms with Gasteiger partial charge >= 0.3 is 0 Å². The second-order valence-corrected chi connectivity index (χ2v) is 8.60. The first-order chi connectivity index (χ1) is 16.4. The summed E-state index contributed by atoms with van der Waals surface area (Å²) < 4.78 is 5.22. The number of nitrogens with one attached hydrogen (secondary N) is 1. The van der Waals surface area contributed by atoms with E-state index in [1.165, 1.54) is 28.9 Å². The second kappa shape index (κ2) is 10.2. The standard InChI is InChI=1S/C25H21N3O5S/c1-33-21-13-9-19(10-14-21)25-27(26-23(29)16-17-5-3-2-4-6-17)24(30)22(34-25)15-18-7-11-20(12-8-18)28(31)32/h2-15,25H,16H2,1H3,(H,26,29)/b22-15+/t25-/m1/s1. The Morgan fingerprint density at radius 1 is 1.09 bits per heavy atom. The van der Waals surface area contributed by atoms with Gasteiger partial charge in [0.1, 0.15) is 11.1 Å². The van der Waals surface area contributed by atoms with E-state index in [1.54, 1.807) is 37.5 Å². The lowest BCUT2D eigenvalue weighted by Gasteiger charge is -2.24. The summed E-state index contributed by atoms with van der Waals surface area (Å²) >= 11 is 1.30. The number of nitro groups is 1. The summed E-state index contributed by atoms with van der Waals surface area (Å²) in [5.41, 5.74) is 5.02. The molecule has 34 heavy (non-hydrogen) atoms. The highest BCUT2D eigenvalue weighted by molar-refractivity contribution is 8.04. The van der Waals surface area contributed by atoms with E-state index in [0.29, 0.717) is 16.2 Å². The Hall–Kier alpha value is -4.11. The number of carbonyl (C=O) groups excluding carboxylic acids is 2. The number of ether oxygens (including phenoxy) is 1. The van der Waals surface area contributed by atoms with E-state index in [0.717, 1.165) is 11.1 Å². The van der Waals surface area contributed by atoms with Crippen LogP contribution in [0.4, 0.5) is 5.69 Å². The van der Waals surface area contributed by atoms with Crippen molar-refractivity contribution in [3.8, 4) is 5.75 Å². The van der Waals surface area contributed by atoms with Crippen molar-refractivity contribution in [3.63, 3.8) is 0 Å². The monoisotopic (exact) mass is 475 g/mol. The number of hydrazine groups is 1. The lowest BCUT2D eigenvalue weighted by atomic mass is 10.1. The molecule has 3 aromatic carbocycles. The molecule has 0 spiro atoms. The number of carbonyl (C=O) groups is 2. The van der Waals surface area contributed by atoms with Gasteiger partial charge in [-0.2, -0.15) is 0 Å². The van der Waals surface area contributed by atoms with Crippen LogP contribution in [0.25, 0.3) is 6.08 Å². The smallest absolute Gasteiger partial charge is 0.280 e. The van der Waals surface area contributed by atoms with Gasteiger partial charge in [0, 0.05) is 12.1 Å². The number of thioether (sulfide) groups is 1. The van der Waals surface area contributed by atoms with Crippen LogP contribution in [0.1, 0.15) is 22.1 Å². The summed E-state index contributed by atoms with van der Waals surface area (Å²) in [6, 6.07) is 22.5. The fourth-order valence-electron chi connectivity index (χ4n) is 3.44. The van der Waals surface area contributed by atoms with Crippen LogP contribution in [0.5, 0.6) is 5.75 Å². The van der Waals surface area contributed by atoms with Crippen molar-refractivity contribution in [3.05, 3.63) is 111 Å². The quantitative estimate of drug-likeness (QED) is 0.307. The summed E-state index contributed by atoms with van der Waals surface area (Å²) in [6.07, 6.45) is 1.79. The number of benzene rings is 3. The van der Waals surface area contributed by atoms with Gasteiger partial charge < -0.3 is 4.74 Å². The lowest BCUT2D eigenvalue weighted by Crippen LogP contribution is -2.44. The van der Waals surface area contributed by atoms with E-state index in [4.69, 9.17) is 4.74 Å². The molecule has 1 saturated heterocycles. The Morgan fingerprint density at radius 2 is 1.76 bits per heavy atom. The van der Waals surface area contributed by atoms with Crippen LogP contribution in [0.3, 0.4) is 0 Å². The highest BCUT2D eigenvalue weighted by Gasteiger charge is 2.38. The zero-order valence-corrected chi connectivity index (χ0v) is 19.0. The summed E-state index contributed by atoms with van der Waals surface area (Å²) in [7, 11) is 1.57. The minimum absolute atomic E-state index is 0.0292. The zero-order chi connectivity index (χ0) is 24.1. The molecular weight excluding hydrogens is 454 g/mol. The van der Waals surface area contributed by atoms with Gasteiger partial charge in [0.25, 0.3) is 11.6 Å². The van der Waals surface area contributed by atoms with Crippen LogP contribution < -0.4 is 10.2 Å². The molecule has 2 amide bonds. The van der Waals surface area contributed by atoms with Gasteiger partial charge in [-0.05, 0) is 47.0 Å². The predicted molar refractivity (Wildman–Crippen MR) is 130 cm³/mol. The minimum atomic E-state index is -0.484. The third-order valence-corrected chi connectivity index (χ3v) is 6.41. The Morgan fingerprint density at radius 3 is 2.38 bits per heavy atom. The molecule has 1 aliphatic rings. The first kappa shape index (κ1) is 23.1. The first-order valence-electron chi connectivity index (χ1n) is 10.4. The van der Waals surface area contributed by atoms with E-state index in [1.807, 2.05) is 42.5 Å². The maximum Gasteiger partial charge on any atom is 0.280 e. The van der Waals surface area contributed by atoms with Crippen LogP contribution in [0.15, 0.2) is 83.8 Å². The Balaban J connectivity index is 1.60. The molecule has 0 saturated carbocycles. The van der Waals surface area contributed by atoms with Gasteiger partial charge in [-0.15, -0.1) is 0 Å². The molecule has 0 aromatic heterocycles. The largest absolute Gasteiger partial charge is 0.497 e. The Labute approximate surface area is 200 Å². The van der Waals surface area contributed by atoms with Gasteiger partial charge in [-0.3, -0.25) is 25.1 Å². The van der Waals surface area contributed by atoms with E-state index >= 15 is 0 Å². The van der Waals surface area contributed by atoms with E-state index in [9.17, 15) is 19.7 Å². The number of non-ortho nitro benzene ring substituents is 1. The van der Waals surface area contributed by atoms with Crippen molar-refractivity contribution in [2.75, 3.05) is 7.11 Å². The third kappa shape index (κ3) is 5.26. The van der Waals surface area contributed by atoms with Crippen molar-refractivity contribution in [2.45, 2.75) is 11.8 Å².